The first-order valence-electron chi connectivity index (χ1n) is 5.80. The van der Waals surface area contributed by atoms with Crippen LogP contribution < -0.4 is 5.73 Å². The molecule has 1 saturated carbocycles. The Balaban J connectivity index is 2.14. The molecule has 18 heavy (non-hydrogen) atoms. The van der Waals surface area contributed by atoms with Crippen molar-refractivity contribution in [3.05, 3.63) is 35.6 Å². The molecule has 0 heterocycles. The molecule has 0 spiro atoms. The molecule has 1 unspecified atom stereocenters. The summed E-state index contributed by atoms with van der Waals surface area (Å²) in [7, 11) is 0. The van der Waals surface area contributed by atoms with Gasteiger partial charge in [-0.2, -0.15) is 0 Å². The molecule has 2 nitrogen and oxygen atoms in total. The summed E-state index contributed by atoms with van der Waals surface area (Å²) in [5, 5.41) is 10.2. The molecule has 1 aliphatic rings. The van der Waals surface area contributed by atoms with Crippen LogP contribution in [0.5, 0.6) is 0 Å². The van der Waals surface area contributed by atoms with E-state index in [9.17, 15) is 18.3 Å². The van der Waals surface area contributed by atoms with Gasteiger partial charge in [-0.05, 0) is 30.5 Å². The van der Waals surface area contributed by atoms with E-state index >= 15 is 0 Å². The van der Waals surface area contributed by atoms with Gasteiger partial charge in [-0.25, -0.2) is 4.39 Å². The number of aliphatic hydroxyl groups is 1. The van der Waals surface area contributed by atoms with Crippen molar-refractivity contribution < 1.29 is 18.3 Å². The standard InChI is InChI=1S/C13H16F3NO/c14-7-12(8-15)5-13(18,6-12)11(17)9-2-1-3-10(16)4-9/h1-4,11,18H,5-8,17H2. The Labute approximate surface area is 104 Å². The molecule has 0 aliphatic heterocycles. The van der Waals surface area contributed by atoms with E-state index in [-0.39, 0.29) is 12.8 Å². The van der Waals surface area contributed by atoms with E-state index in [2.05, 4.69) is 0 Å². The minimum Gasteiger partial charge on any atom is -0.388 e. The zero-order valence-electron chi connectivity index (χ0n) is 9.87. The van der Waals surface area contributed by atoms with Crippen LogP contribution in [0.2, 0.25) is 0 Å². The molecule has 1 fully saturated rings. The first kappa shape index (κ1) is 13.4. The summed E-state index contributed by atoms with van der Waals surface area (Å²) >= 11 is 0. The molecule has 0 bridgehead atoms. The lowest BCUT2D eigenvalue weighted by Gasteiger charge is -2.53. The topological polar surface area (TPSA) is 46.2 Å². The molecule has 100 valence electrons. The summed E-state index contributed by atoms with van der Waals surface area (Å²) in [5.74, 6) is -0.451. The maximum absolute atomic E-state index is 13.1. The molecule has 1 aliphatic carbocycles. The van der Waals surface area contributed by atoms with Crippen LogP contribution in [0.1, 0.15) is 24.4 Å². The fraction of sp³-hybridized carbons (Fsp3) is 0.538. The fourth-order valence-corrected chi connectivity index (χ4v) is 2.70. The Hall–Kier alpha value is -1.07. The molecule has 0 radical (unpaired) electrons. The van der Waals surface area contributed by atoms with E-state index < -0.39 is 36.2 Å². The lowest BCUT2D eigenvalue weighted by molar-refractivity contribution is -0.158. The summed E-state index contributed by atoms with van der Waals surface area (Å²) in [6, 6.07) is 4.75. The quantitative estimate of drug-likeness (QED) is 0.871. The molecule has 1 aromatic rings. The predicted octanol–water partition coefficient (Wildman–Crippen LogP) is 2.28. The van der Waals surface area contributed by atoms with Crippen LogP contribution in [0.15, 0.2) is 24.3 Å². The van der Waals surface area contributed by atoms with Gasteiger partial charge in [0.05, 0.1) is 25.0 Å². The fourth-order valence-electron chi connectivity index (χ4n) is 2.70. The highest BCUT2D eigenvalue weighted by molar-refractivity contribution is 5.25. The molecule has 0 amide bonds. The van der Waals surface area contributed by atoms with Crippen molar-refractivity contribution in [1.82, 2.24) is 0 Å². The Morgan fingerprint density at radius 2 is 1.89 bits per heavy atom. The predicted molar refractivity (Wildman–Crippen MR) is 61.9 cm³/mol. The van der Waals surface area contributed by atoms with Gasteiger partial charge in [-0.3, -0.25) is 8.78 Å². The second-order valence-corrected chi connectivity index (χ2v) is 5.26. The highest BCUT2D eigenvalue weighted by atomic mass is 19.1. The number of alkyl halides is 2. The Morgan fingerprint density at radius 3 is 2.39 bits per heavy atom. The van der Waals surface area contributed by atoms with Crippen LogP contribution in [0.4, 0.5) is 13.2 Å². The summed E-state index contributed by atoms with van der Waals surface area (Å²) in [6.07, 6.45) is -0.0740. The normalized spacial score (nSPS) is 22.3. The zero-order valence-corrected chi connectivity index (χ0v) is 9.87. The molecule has 1 atom stereocenters. The van der Waals surface area contributed by atoms with Crippen molar-refractivity contribution in [1.29, 1.82) is 0 Å². The maximum Gasteiger partial charge on any atom is 0.123 e. The highest BCUT2D eigenvalue weighted by Crippen LogP contribution is 2.53. The third-order valence-corrected chi connectivity index (χ3v) is 3.72. The molecule has 5 heteroatoms. The third kappa shape index (κ3) is 2.12. The smallest absolute Gasteiger partial charge is 0.123 e. The van der Waals surface area contributed by atoms with Crippen LogP contribution in [-0.4, -0.2) is 24.1 Å². The summed E-state index contributed by atoms with van der Waals surface area (Å²) in [5.41, 5.74) is 3.84. The number of halogens is 3. The van der Waals surface area contributed by atoms with Crippen LogP contribution in [0.3, 0.4) is 0 Å². The van der Waals surface area contributed by atoms with Crippen LogP contribution in [0.25, 0.3) is 0 Å². The molecule has 0 saturated heterocycles. The molecular weight excluding hydrogens is 243 g/mol. The van der Waals surface area contributed by atoms with E-state index in [4.69, 9.17) is 5.73 Å². The average molecular weight is 259 g/mol. The first-order chi connectivity index (χ1) is 8.45. The third-order valence-electron chi connectivity index (χ3n) is 3.72. The molecule has 0 aromatic heterocycles. The molecule has 1 aromatic carbocycles. The SMILES string of the molecule is NC(c1cccc(F)c1)C1(O)CC(CF)(CF)C1. The minimum atomic E-state index is -1.36. The van der Waals surface area contributed by atoms with Crippen molar-refractivity contribution in [2.75, 3.05) is 13.3 Å². The van der Waals surface area contributed by atoms with Gasteiger partial charge in [0.1, 0.15) is 5.82 Å². The van der Waals surface area contributed by atoms with Crippen molar-refractivity contribution in [3.63, 3.8) is 0 Å². The van der Waals surface area contributed by atoms with E-state index in [0.29, 0.717) is 5.56 Å². The minimum absolute atomic E-state index is 0.0370. The highest BCUT2D eigenvalue weighted by Gasteiger charge is 2.57. The lowest BCUT2D eigenvalue weighted by Crippen LogP contribution is -2.59. The molecular formula is C13H16F3NO. The summed E-state index contributed by atoms with van der Waals surface area (Å²) in [6.45, 7) is -1.64. The van der Waals surface area contributed by atoms with Gasteiger partial charge in [0.15, 0.2) is 0 Å². The van der Waals surface area contributed by atoms with Crippen molar-refractivity contribution >= 4 is 0 Å². The van der Waals surface area contributed by atoms with Gasteiger partial charge in [-0.1, -0.05) is 12.1 Å². The van der Waals surface area contributed by atoms with E-state index in [1.54, 1.807) is 6.07 Å². The number of benzene rings is 1. The second-order valence-electron chi connectivity index (χ2n) is 5.26. The maximum atomic E-state index is 13.1. The van der Waals surface area contributed by atoms with Gasteiger partial charge in [0.25, 0.3) is 0 Å². The number of nitrogens with two attached hydrogens (primary N) is 1. The van der Waals surface area contributed by atoms with Crippen LogP contribution in [-0.2, 0) is 0 Å². The number of rotatable bonds is 4. The number of hydrogen-bond acceptors (Lipinski definition) is 2. The Kier molecular flexibility index (Phi) is 3.38. The molecule has 3 N–H and O–H groups in total. The molecule has 2 rings (SSSR count). The second kappa shape index (κ2) is 4.55. The van der Waals surface area contributed by atoms with Gasteiger partial charge in [0, 0.05) is 5.41 Å². The van der Waals surface area contributed by atoms with Gasteiger partial charge in [0.2, 0.25) is 0 Å². The van der Waals surface area contributed by atoms with Gasteiger partial charge < -0.3 is 10.8 Å². The Bertz CT molecular complexity index is 426. The summed E-state index contributed by atoms with van der Waals surface area (Å²) < 4.78 is 38.5. The Morgan fingerprint density at radius 1 is 1.28 bits per heavy atom. The van der Waals surface area contributed by atoms with Crippen molar-refractivity contribution in [2.24, 2.45) is 11.1 Å². The largest absolute Gasteiger partial charge is 0.388 e. The van der Waals surface area contributed by atoms with Gasteiger partial charge >= 0.3 is 0 Å². The van der Waals surface area contributed by atoms with Crippen molar-refractivity contribution in [2.45, 2.75) is 24.5 Å². The average Bonchev–Trinajstić information content (AvgIpc) is 2.34. The van der Waals surface area contributed by atoms with Gasteiger partial charge in [-0.15, -0.1) is 0 Å². The van der Waals surface area contributed by atoms with Crippen LogP contribution >= 0.6 is 0 Å². The van der Waals surface area contributed by atoms with E-state index in [1.807, 2.05) is 0 Å². The van der Waals surface area contributed by atoms with E-state index in [1.165, 1.54) is 18.2 Å². The zero-order chi connectivity index (χ0) is 13.4. The number of hydrogen-bond donors (Lipinski definition) is 2. The van der Waals surface area contributed by atoms with Crippen molar-refractivity contribution in [3.8, 4) is 0 Å². The van der Waals surface area contributed by atoms with Crippen LogP contribution in [0, 0.1) is 11.2 Å². The lowest BCUT2D eigenvalue weighted by atomic mass is 9.57. The van der Waals surface area contributed by atoms with E-state index in [0.717, 1.165) is 0 Å². The first-order valence-corrected chi connectivity index (χ1v) is 5.80. The monoisotopic (exact) mass is 259 g/mol. The summed E-state index contributed by atoms with van der Waals surface area (Å²) in [4.78, 5) is 0.